The molecule has 4 heteroatoms. The van der Waals surface area contributed by atoms with Gasteiger partial charge in [-0.3, -0.25) is 4.79 Å². The second kappa shape index (κ2) is 7.45. The molecule has 4 nitrogen and oxygen atoms in total. The Balaban J connectivity index is 1.81. The van der Waals surface area contributed by atoms with Crippen LogP contribution in [0.3, 0.4) is 0 Å². The van der Waals surface area contributed by atoms with Crippen LogP contribution >= 0.6 is 0 Å². The van der Waals surface area contributed by atoms with Gasteiger partial charge >= 0.3 is 0 Å². The number of carbonyl (C=O) groups is 1. The van der Waals surface area contributed by atoms with Gasteiger partial charge in [-0.15, -0.1) is 0 Å². The Morgan fingerprint density at radius 2 is 1.81 bits per heavy atom. The van der Waals surface area contributed by atoms with Crippen LogP contribution in [0.4, 0.5) is 0 Å². The van der Waals surface area contributed by atoms with E-state index in [9.17, 15) is 4.79 Å². The van der Waals surface area contributed by atoms with Crippen molar-refractivity contribution in [3.63, 3.8) is 0 Å². The van der Waals surface area contributed by atoms with Gasteiger partial charge in [0.25, 0.3) is 5.91 Å². The quantitative estimate of drug-likeness (QED) is 0.856. The first-order valence-corrected chi connectivity index (χ1v) is 6.95. The highest BCUT2D eigenvalue weighted by Gasteiger charge is 2.09. The maximum absolute atomic E-state index is 11.9. The van der Waals surface area contributed by atoms with E-state index >= 15 is 0 Å². The maximum Gasteiger partial charge on any atom is 0.258 e. The first kappa shape index (κ1) is 15.1. The number of nitrogens with one attached hydrogen (secondary N) is 1. The number of nitrogens with two attached hydrogens (primary N) is 1. The van der Waals surface area contributed by atoms with Crippen LogP contribution in [-0.2, 0) is 11.3 Å². The molecule has 1 amide bonds. The number of rotatable bonds is 6. The van der Waals surface area contributed by atoms with Crippen molar-refractivity contribution in [2.45, 2.75) is 19.5 Å². The van der Waals surface area contributed by atoms with E-state index in [1.54, 1.807) is 0 Å². The summed E-state index contributed by atoms with van der Waals surface area (Å²) >= 11 is 0. The van der Waals surface area contributed by atoms with E-state index in [-0.39, 0.29) is 18.6 Å². The summed E-state index contributed by atoms with van der Waals surface area (Å²) < 4.78 is 5.45. The first-order valence-electron chi connectivity index (χ1n) is 6.95. The molecule has 21 heavy (non-hydrogen) atoms. The van der Waals surface area contributed by atoms with Crippen molar-refractivity contribution in [2.75, 3.05) is 6.61 Å². The Labute approximate surface area is 124 Å². The van der Waals surface area contributed by atoms with Gasteiger partial charge < -0.3 is 15.8 Å². The molecule has 0 bridgehead atoms. The number of carbonyl (C=O) groups excluding carboxylic acids is 1. The Kier molecular flexibility index (Phi) is 5.35. The zero-order valence-electron chi connectivity index (χ0n) is 12.1. The van der Waals surface area contributed by atoms with E-state index < -0.39 is 0 Å². The molecule has 2 rings (SSSR count). The second-order valence-corrected chi connectivity index (χ2v) is 4.84. The molecule has 0 fully saturated rings. The number of hydrogen-bond acceptors (Lipinski definition) is 3. The van der Waals surface area contributed by atoms with Crippen LogP contribution in [0.5, 0.6) is 5.75 Å². The average molecular weight is 284 g/mol. The van der Waals surface area contributed by atoms with Crippen molar-refractivity contribution in [1.29, 1.82) is 0 Å². The monoisotopic (exact) mass is 284 g/mol. The van der Waals surface area contributed by atoms with E-state index in [4.69, 9.17) is 10.5 Å². The number of benzene rings is 2. The fourth-order valence-corrected chi connectivity index (χ4v) is 1.98. The summed E-state index contributed by atoms with van der Waals surface area (Å²) in [5.74, 6) is 0.518. The lowest BCUT2D eigenvalue weighted by Gasteiger charge is -2.14. The Morgan fingerprint density at radius 3 is 2.43 bits per heavy atom. The maximum atomic E-state index is 11.9. The van der Waals surface area contributed by atoms with Crippen molar-refractivity contribution in [1.82, 2.24) is 5.32 Å². The fourth-order valence-electron chi connectivity index (χ4n) is 1.98. The van der Waals surface area contributed by atoms with E-state index in [0.717, 1.165) is 11.1 Å². The third-order valence-electron chi connectivity index (χ3n) is 3.21. The third kappa shape index (κ3) is 4.61. The molecule has 2 aromatic carbocycles. The van der Waals surface area contributed by atoms with Crippen molar-refractivity contribution < 1.29 is 9.53 Å². The Morgan fingerprint density at radius 1 is 1.14 bits per heavy atom. The SMILES string of the molecule is C[C@@H](NC(=O)COc1ccc(CN)cc1)c1ccccc1. The molecule has 110 valence electrons. The molecule has 1 atom stereocenters. The molecular weight excluding hydrogens is 264 g/mol. The van der Waals surface area contributed by atoms with Crippen LogP contribution in [0.15, 0.2) is 54.6 Å². The average Bonchev–Trinajstić information content (AvgIpc) is 2.54. The largest absolute Gasteiger partial charge is 0.484 e. The summed E-state index contributed by atoms with van der Waals surface area (Å²) in [7, 11) is 0. The number of hydrogen-bond donors (Lipinski definition) is 2. The zero-order valence-corrected chi connectivity index (χ0v) is 12.1. The van der Waals surface area contributed by atoms with Gasteiger partial charge in [0, 0.05) is 6.54 Å². The molecule has 3 N–H and O–H groups in total. The predicted octanol–water partition coefficient (Wildman–Crippen LogP) is 2.40. The molecule has 0 heterocycles. The van der Waals surface area contributed by atoms with Crippen LogP contribution < -0.4 is 15.8 Å². The molecule has 0 aliphatic rings. The molecule has 0 aliphatic carbocycles. The summed E-state index contributed by atoms with van der Waals surface area (Å²) in [5, 5.41) is 2.91. The second-order valence-electron chi connectivity index (χ2n) is 4.84. The van der Waals surface area contributed by atoms with Gasteiger partial charge in [0.1, 0.15) is 5.75 Å². The lowest BCUT2D eigenvalue weighted by Crippen LogP contribution is -2.31. The molecule has 0 saturated heterocycles. The topological polar surface area (TPSA) is 64.3 Å². The molecule has 0 spiro atoms. The number of ether oxygens (including phenoxy) is 1. The fraction of sp³-hybridized carbons (Fsp3) is 0.235. The highest BCUT2D eigenvalue weighted by atomic mass is 16.5. The molecule has 0 aromatic heterocycles. The minimum Gasteiger partial charge on any atom is -0.484 e. The van der Waals surface area contributed by atoms with Gasteiger partial charge in [0.2, 0.25) is 0 Å². The molecule has 0 radical (unpaired) electrons. The van der Waals surface area contributed by atoms with Gasteiger partial charge in [-0.05, 0) is 30.2 Å². The smallest absolute Gasteiger partial charge is 0.258 e. The lowest BCUT2D eigenvalue weighted by molar-refractivity contribution is -0.123. The summed E-state index contributed by atoms with van der Waals surface area (Å²) in [6.07, 6.45) is 0. The molecular formula is C17H20N2O2. The van der Waals surface area contributed by atoms with Crippen LogP contribution in [0.25, 0.3) is 0 Å². The van der Waals surface area contributed by atoms with Crippen LogP contribution in [0.1, 0.15) is 24.1 Å². The Hall–Kier alpha value is -2.33. The highest BCUT2D eigenvalue weighted by molar-refractivity contribution is 5.78. The van der Waals surface area contributed by atoms with Crippen LogP contribution in [0, 0.1) is 0 Å². The van der Waals surface area contributed by atoms with Gasteiger partial charge in [0.15, 0.2) is 6.61 Å². The third-order valence-corrected chi connectivity index (χ3v) is 3.21. The molecule has 2 aromatic rings. The van der Waals surface area contributed by atoms with Crippen molar-refractivity contribution >= 4 is 5.91 Å². The van der Waals surface area contributed by atoms with Gasteiger partial charge in [-0.25, -0.2) is 0 Å². The summed E-state index contributed by atoms with van der Waals surface area (Å²) in [5.41, 5.74) is 7.63. The van der Waals surface area contributed by atoms with Crippen LogP contribution in [0.2, 0.25) is 0 Å². The first-order chi connectivity index (χ1) is 10.2. The minimum atomic E-state index is -0.144. The van der Waals surface area contributed by atoms with Crippen LogP contribution in [-0.4, -0.2) is 12.5 Å². The molecule has 0 saturated carbocycles. The van der Waals surface area contributed by atoms with E-state index in [1.807, 2.05) is 61.5 Å². The predicted molar refractivity (Wildman–Crippen MR) is 82.8 cm³/mol. The van der Waals surface area contributed by atoms with Gasteiger partial charge in [-0.2, -0.15) is 0 Å². The summed E-state index contributed by atoms with van der Waals surface area (Å²) in [6, 6.07) is 17.2. The zero-order chi connectivity index (χ0) is 15.1. The standard InChI is InChI=1S/C17H20N2O2/c1-13(15-5-3-2-4-6-15)19-17(20)12-21-16-9-7-14(11-18)8-10-16/h2-10,13H,11-12,18H2,1H3,(H,19,20)/t13-/m1/s1. The summed E-state index contributed by atoms with van der Waals surface area (Å²) in [4.78, 5) is 11.9. The molecule has 0 unspecified atom stereocenters. The van der Waals surface area contributed by atoms with Crippen molar-refractivity contribution in [3.8, 4) is 5.75 Å². The lowest BCUT2D eigenvalue weighted by atomic mass is 10.1. The normalized spacial score (nSPS) is 11.7. The van der Waals surface area contributed by atoms with Gasteiger partial charge in [0.05, 0.1) is 6.04 Å². The number of amides is 1. The van der Waals surface area contributed by atoms with E-state index in [2.05, 4.69) is 5.32 Å². The minimum absolute atomic E-state index is 0.000848. The highest BCUT2D eigenvalue weighted by Crippen LogP contribution is 2.13. The van der Waals surface area contributed by atoms with Crippen molar-refractivity contribution in [2.24, 2.45) is 5.73 Å². The molecule has 0 aliphatic heterocycles. The summed E-state index contributed by atoms with van der Waals surface area (Å²) in [6.45, 7) is 2.44. The Bertz CT molecular complexity index is 567. The van der Waals surface area contributed by atoms with Crippen molar-refractivity contribution in [3.05, 3.63) is 65.7 Å². The van der Waals surface area contributed by atoms with E-state index in [1.165, 1.54) is 0 Å². The van der Waals surface area contributed by atoms with Gasteiger partial charge in [-0.1, -0.05) is 42.5 Å². The van der Waals surface area contributed by atoms with E-state index in [0.29, 0.717) is 12.3 Å².